The molecule has 0 unspecified atom stereocenters. The lowest BCUT2D eigenvalue weighted by Gasteiger charge is -2.35. The van der Waals surface area contributed by atoms with Crippen LogP contribution in [0.3, 0.4) is 0 Å². The Morgan fingerprint density at radius 3 is 1.93 bits per heavy atom. The third-order valence-corrected chi connectivity index (χ3v) is 7.82. The number of rotatable bonds is 10. The van der Waals surface area contributed by atoms with Gasteiger partial charge in [-0.05, 0) is 76.7 Å². The van der Waals surface area contributed by atoms with Gasteiger partial charge in [0.25, 0.3) is 0 Å². The molecule has 2 rings (SSSR count). The highest BCUT2D eigenvalue weighted by Gasteiger charge is 2.34. The van der Waals surface area contributed by atoms with E-state index in [0.29, 0.717) is 19.3 Å². The highest BCUT2D eigenvalue weighted by molar-refractivity contribution is 5.92. The maximum absolute atomic E-state index is 12.0. The summed E-state index contributed by atoms with van der Waals surface area (Å²) in [7, 11) is 0. The first-order chi connectivity index (χ1) is 22.0. The van der Waals surface area contributed by atoms with Crippen LogP contribution >= 0.6 is 0 Å². The molecule has 0 amide bonds. The van der Waals surface area contributed by atoms with Crippen molar-refractivity contribution in [3.63, 3.8) is 0 Å². The number of aliphatic hydroxyl groups excluding tert-OH is 1. The van der Waals surface area contributed by atoms with E-state index < -0.39 is 13.7 Å². The van der Waals surface area contributed by atoms with Gasteiger partial charge in [-0.25, -0.2) is 0 Å². The summed E-state index contributed by atoms with van der Waals surface area (Å²) in [6, 6.07) is 0. The second kappa shape index (κ2) is 15.8. The fraction of sp³-hybridized carbons (Fsp3) is 0.425. The minimum Gasteiger partial charge on any atom is -0.393 e. The molecular formula is C40H54O2. The molecule has 2 atom stereocenters. The Labute approximate surface area is 265 Å². The summed E-state index contributed by atoms with van der Waals surface area (Å²) in [6.45, 7) is 11.6. The molecule has 0 saturated carbocycles. The zero-order valence-corrected chi connectivity index (χ0v) is 26.8. The lowest BCUT2D eigenvalue weighted by molar-refractivity contribution is -0.117. The molecule has 0 aliphatic heterocycles. The maximum Gasteiger partial charge on any atom is 0.156 e. The molecule has 2 nitrogen and oxygen atoms in total. The zero-order valence-electron chi connectivity index (χ0n) is 32.8. The number of allylic oxidation sites excluding steroid dienone is 21. The van der Waals surface area contributed by atoms with E-state index in [1.807, 2.05) is 45.1 Å². The summed E-state index contributed by atoms with van der Waals surface area (Å²) >= 11 is 0. The fourth-order valence-electron chi connectivity index (χ4n) is 5.77. The van der Waals surface area contributed by atoms with Crippen LogP contribution in [-0.2, 0) is 4.79 Å². The summed E-state index contributed by atoms with van der Waals surface area (Å²) in [4.78, 5) is 12.0. The maximum atomic E-state index is 12.0. The van der Waals surface area contributed by atoms with Gasteiger partial charge in [-0.2, -0.15) is 0 Å². The van der Waals surface area contributed by atoms with Crippen LogP contribution in [0.5, 0.6) is 0 Å². The van der Waals surface area contributed by atoms with E-state index in [1.54, 1.807) is 24.3 Å². The van der Waals surface area contributed by atoms with Crippen molar-refractivity contribution in [2.45, 2.75) is 94.5 Å². The Hall–Kier alpha value is -3.23. The molecule has 0 aromatic carbocycles. The average molecular weight is 573 g/mol. The van der Waals surface area contributed by atoms with E-state index >= 15 is 0 Å². The molecule has 0 saturated heterocycles. The van der Waals surface area contributed by atoms with Crippen LogP contribution in [0.15, 0.2) is 130 Å². The molecule has 0 aromatic rings. The number of hydrogen-bond acceptors (Lipinski definition) is 2. The van der Waals surface area contributed by atoms with Crippen molar-refractivity contribution in [1.82, 2.24) is 0 Å². The second-order valence-electron chi connectivity index (χ2n) is 13.0. The molecule has 2 aliphatic rings. The molecule has 2 aliphatic carbocycles. The average Bonchev–Trinajstić information content (AvgIpc) is 2.89. The quantitative estimate of drug-likeness (QED) is 0.264. The summed E-state index contributed by atoms with van der Waals surface area (Å²) < 4.78 is 47.6. The third kappa shape index (κ3) is 11.6. The highest BCUT2D eigenvalue weighted by atomic mass is 16.3. The van der Waals surface area contributed by atoms with Crippen LogP contribution in [-0.4, -0.2) is 17.0 Å². The first-order valence-electron chi connectivity index (χ1n) is 17.8. The van der Waals surface area contributed by atoms with Crippen molar-refractivity contribution in [1.29, 1.82) is 0 Å². The van der Waals surface area contributed by atoms with Gasteiger partial charge in [0.15, 0.2) is 5.78 Å². The van der Waals surface area contributed by atoms with E-state index in [2.05, 4.69) is 46.8 Å². The van der Waals surface area contributed by atoms with Gasteiger partial charge >= 0.3 is 0 Å². The van der Waals surface area contributed by atoms with E-state index in [4.69, 9.17) is 8.22 Å². The predicted octanol–water partition coefficient (Wildman–Crippen LogP) is 10.6. The standard InChI is InChI=1S/C40H54O2/c1-29(17-13-19-31(3)21-23-37-33(5)25-35(41)27-39(37,7)8)15-11-12-16-30(2)18-14-20-32(4)22-24-38-34(6)26-36(42)28-40(38,9)10/h11-25,36-37,42H,26-28H2,1-10H3/b12-11+,17-13+,18-14+,23-21+,24-22+,29-15+,30-16+,31-19+,32-20+/t36-,37+/m1/s1/i1D3,2D3. The van der Waals surface area contributed by atoms with E-state index in [-0.39, 0.29) is 39.8 Å². The molecule has 0 aromatic heterocycles. The van der Waals surface area contributed by atoms with Gasteiger partial charge in [0.05, 0.1) is 6.10 Å². The molecular weight excluding hydrogens is 512 g/mol. The second-order valence-corrected chi connectivity index (χ2v) is 13.0. The first kappa shape index (κ1) is 26.4. The Kier molecular flexibility index (Phi) is 9.96. The largest absolute Gasteiger partial charge is 0.393 e. The Bertz CT molecular complexity index is 1520. The molecule has 0 spiro atoms. The lowest BCUT2D eigenvalue weighted by atomic mass is 9.68. The molecule has 1 N–H and O–H groups in total. The zero-order chi connectivity index (χ0) is 36.5. The minimum absolute atomic E-state index is 0.114. The number of aliphatic hydroxyl groups is 1. The Balaban J connectivity index is 2.19. The van der Waals surface area contributed by atoms with Gasteiger partial charge in [0.2, 0.25) is 0 Å². The lowest BCUT2D eigenvalue weighted by Crippen LogP contribution is -2.30. The van der Waals surface area contributed by atoms with Crippen LogP contribution in [0, 0.1) is 16.7 Å². The normalized spacial score (nSPS) is 27.5. The summed E-state index contributed by atoms with van der Waals surface area (Å²) in [5, 5.41) is 10.1. The van der Waals surface area contributed by atoms with Crippen molar-refractivity contribution < 1.29 is 18.1 Å². The van der Waals surface area contributed by atoms with Crippen molar-refractivity contribution in [3.05, 3.63) is 130 Å². The van der Waals surface area contributed by atoms with Crippen LogP contribution in [0.2, 0.25) is 0 Å². The van der Waals surface area contributed by atoms with E-state index in [1.165, 1.54) is 41.5 Å². The van der Waals surface area contributed by atoms with Gasteiger partial charge in [0.1, 0.15) is 0 Å². The highest BCUT2D eigenvalue weighted by Crippen LogP contribution is 2.41. The topological polar surface area (TPSA) is 37.3 Å². The van der Waals surface area contributed by atoms with E-state index in [9.17, 15) is 9.90 Å². The summed E-state index contributed by atoms with van der Waals surface area (Å²) in [6.07, 6.45) is 27.6. The van der Waals surface area contributed by atoms with Gasteiger partial charge < -0.3 is 5.11 Å². The third-order valence-electron chi connectivity index (χ3n) is 7.82. The van der Waals surface area contributed by atoms with Crippen LogP contribution in [0.25, 0.3) is 0 Å². The summed E-state index contributed by atoms with van der Waals surface area (Å²) in [5.41, 5.74) is 5.26. The smallest absolute Gasteiger partial charge is 0.156 e. The van der Waals surface area contributed by atoms with Crippen molar-refractivity contribution >= 4 is 5.78 Å². The van der Waals surface area contributed by atoms with Gasteiger partial charge in [-0.3, -0.25) is 4.79 Å². The van der Waals surface area contributed by atoms with Crippen LogP contribution < -0.4 is 0 Å². The number of carbonyl (C=O) groups excluding carboxylic acids is 1. The number of carbonyl (C=O) groups is 1. The number of ketones is 1. The van der Waals surface area contributed by atoms with Crippen LogP contribution in [0.1, 0.15) is 96.6 Å². The fourth-order valence-corrected chi connectivity index (χ4v) is 5.77. The molecule has 226 valence electrons. The molecule has 0 fully saturated rings. The van der Waals surface area contributed by atoms with Crippen molar-refractivity contribution in [3.8, 4) is 0 Å². The van der Waals surface area contributed by atoms with Gasteiger partial charge in [-0.1, -0.05) is 146 Å². The molecule has 42 heavy (non-hydrogen) atoms. The van der Waals surface area contributed by atoms with E-state index in [0.717, 1.165) is 16.7 Å². The Morgan fingerprint density at radius 2 is 1.40 bits per heavy atom. The Morgan fingerprint density at radius 1 is 0.857 bits per heavy atom. The molecule has 2 heteroatoms. The molecule has 0 radical (unpaired) electrons. The minimum atomic E-state index is -2.35. The van der Waals surface area contributed by atoms with Crippen molar-refractivity contribution in [2.24, 2.45) is 16.7 Å². The monoisotopic (exact) mass is 572 g/mol. The molecule has 0 bridgehead atoms. The first-order valence-corrected chi connectivity index (χ1v) is 14.8. The van der Waals surface area contributed by atoms with Crippen molar-refractivity contribution in [2.75, 3.05) is 0 Å². The van der Waals surface area contributed by atoms with Gasteiger partial charge in [-0.15, -0.1) is 0 Å². The van der Waals surface area contributed by atoms with Gasteiger partial charge in [0, 0.05) is 20.6 Å². The SMILES string of the molecule is [2H]C([2H])([2H])C(/C=C/C=C(C)/C=C/C1=C(C)C[C@@H](O)CC1(C)C)=C\C=C\C=C(\C=C\C=C(C)\C=C\[C@H]1C(C)=CC(=O)CC1(C)C)C([2H])([2H])[2H]. The summed E-state index contributed by atoms with van der Waals surface area (Å²) in [5.74, 6) is 0.293. The number of hydrogen-bond donors (Lipinski definition) is 1. The predicted molar refractivity (Wildman–Crippen MR) is 183 cm³/mol. The van der Waals surface area contributed by atoms with Crippen LogP contribution in [0.4, 0.5) is 0 Å². The molecule has 0 heterocycles.